The van der Waals surface area contributed by atoms with Crippen LogP contribution in [0.2, 0.25) is 0 Å². The van der Waals surface area contributed by atoms with Crippen molar-refractivity contribution in [3.8, 4) is 11.8 Å². The summed E-state index contributed by atoms with van der Waals surface area (Å²) in [4.78, 5) is 17.3. The average molecular weight is 389 g/mol. The number of rotatable bonds is 5. The zero-order chi connectivity index (χ0) is 19.5. The SMILES string of the molecule is Cc1ccccc1-n1nnnc1SCc1nc2ccccc2c(=O)n1CC#N. The fourth-order valence-corrected chi connectivity index (χ4v) is 3.74. The quantitative estimate of drug-likeness (QED) is 0.483. The zero-order valence-electron chi connectivity index (χ0n) is 15.0. The first-order valence-electron chi connectivity index (χ1n) is 8.51. The summed E-state index contributed by atoms with van der Waals surface area (Å²) in [7, 11) is 0. The Kier molecular flexibility index (Phi) is 4.87. The van der Waals surface area contributed by atoms with Gasteiger partial charge in [0.25, 0.3) is 5.56 Å². The summed E-state index contributed by atoms with van der Waals surface area (Å²) in [6.45, 7) is 1.93. The number of aromatic nitrogens is 6. The first-order chi connectivity index (χ1) is 13.7. The minimum atomic E-state index is -0.221. The number of thioether (sulfide) groups is 1. The van der Waals surface area contributed by atoms with Gasteiger partial charge < -0.3 is 0 Å². The molecule has 0 fully saturated rings. The van der Waals surface area contributed by atoms with Crippen LogP contribution in [0.4, 0.5) is 0 Å². The molecule has 0 atom stereocenters. The van der Waals surface area contributed by atoms with Crippen LogP contribution in [0.15, 0.2) is 58.5 Å². The number of hydrogen-bond acceptors (Lipinski definition) is 7. The lowest BCUT2D eigenvalue weighted by molar-refractivity contribution is 0.726. The van der Waals surface area contributed by atoms with Gasteiger partial charge in [-0.05, 0) is 41.1 Å². The van der Waals surface area contributed by atoms with Crippen molar-refractivity contribution in [1.82, 2.24) is 29.8 Å². The Morgan fingerprint density at radius 1 is 1.14 bits per heavy atom. The highest BCUT2D eigenvalue weighted by Gasteiger charge is 2.15. The normalized spacial score (nSPS) is 10.9. The monoisotopic (exact) mass is 389 g/mol. The summed E-state index contributed by atoms with van der Waals surface area (Å²) < 4.78 is 3.06. The Morgan fingerprint density at radius 2 is 1.93 bits per heavy atom. The van der Waals surface area contributed by atoms with E-state index in [0.717, 1.165) is 11.3 Å². The van der Waals surface area contributed by atoms with Crippen molar-refractivity contribution in [1.29, 1.82) is 5.26 Å². The van der Waals surface area contributed by atoms with E-state index in [0.29, 0.717) is 27.6 Å². The molecule has 8 nitrogen and oxygen atoms in total. The van der Waals surface area contributed by atoms with E-state index in [4.69, 9.17) is 5.26 Å². The van der Waals surface area contributed by atoms with E-state index < -0.39 is 0 Å². The maximum atomic E-state index is 12.8. The third-order valence-corrected chi connectivity index (χ3v) is 5.20. The minimum absolute atomic E-state index is 0.0602. The van der Waals surface area contributed by atoms with Gasteiger partial charge in [0.1, 0.15) is 12.4 Å². The van der Waals surface area contributed by atoms with Gasteiger partial charge in [-0.25, -0.2) is 4.98 Å². The van der Waals surface area contributed by atoms with Crippen LogP contribution in [-0.4, -0.2) is 29.8 Å². The number of tetrazole rings is 1. The van der Waals surface area contributed by atoms with Gasteiger partial charge in [-0.1, -0.05) is 42.1 Å². The van der Waals surface area contributed by atoms with E-state index in [-0.39, 0.29) is 12.1 Å². The van der Waals surface area contributed by atoms with Gasteiger partial charge >= 0.3 is 0 Å². The molecule has 4 rings (SSSR count). The van der Waals surface area contributed by atoms with Gasteiger partial charge in [0.05, 0.1) is 28.4 Å². The lowest BCUT2D eigenvalue weighted by atomic mass is 10.2. The number of nitrogens with zero attached hydrogens (tertiary/aromatic N) is 7. The molecule has 0 spiro atoms. The molecular weight excluding hydrogens is 374 g/mol. The summed E-state index contributed by atoms with van der Waals surface area (Å²) in [6, 6.07) is 17.0. The average Bonchev–Trinajstić information content (AvgIpc) is 3.17. The highest BCUT2D eigenvalue weighted by molar-refractivity contribution is 7.98. The fraction of sp³-hybridized carbons (Fsp3) is 0.158. The Morgan fingerprint density at radius 3 is 2.75 bits per heavy atom. The van der Waals surface area contributed by atoms with Crippen molar-refractivity contribution in [2.45, 2.75) is 24.4 Å². The molecule has 0 N–H and O–H groups in total. The lowest BCUT2D eigenvalue weighted by Crippen LogP contribution is -2.24. The van der Waals surface area contributed by atoms with E-state index in [1.807, 2.05) is 43.3 Å². The maximum absolute atomic E-state index is 12.8. The van der Waals surface area contributed by atoms with Crippen LogP contribution in [-0.2, 0) is 12.3 Å². The molecular formula is C19H15N7OS. The minimum Gasteiger partial charge on any atom is -0.281 e. The van der Waals surface area contributed by atoms with Crippen LogP contribution in [0.3, 0.4) is 0 Å². The predicted molar refractivity (Wildman–Crippen MR) is 105 cm³/mol. The van der Waals surface area contributed by atoms with E-state index in [2.05, 4.69) is 20.5 Å². The number of nitriles is 1. The first-order valence-corrected chi connectivity index (χ1v) is 9.50. The van der Waals surface area contributed by atoms with E-state index in [1.54, 1.807) is 22.9 Å². The molecule has 0 amide bonds. The highest BCUT2D eigenvalue weighted by atomic mass is 32.2. The van der Waals surface area contributed by atoms with Crippen molar-refractivity contribution < 1.29 is 0 Å². The largest absolute Gasteiger partial charge is 0.281 e. The van der Waals surface area contributed by atoms with Gasteiger partial charge in [-0.3, -0.25) is 9.36 Å². The summed E-state index contributed by atoms with van der Waals surface area (Å²) in [5, 5.41) is 22.2. The molecule has 138 valence electrons. The summed E-state index contributed by atoms with van der Waals surface area (Å²) in [5.74, 6) is 0.864. The van der Waals surface area contributed by atoms with Crippen LogP contribution in [0.1, 0.15) is 11.4 Å². The smallest absolute Gasteiger partial charge is 0.262 e. The molecule has 0 unspecified atom stereocenters. The summed E-state index contributed by atoms with van der Waals surface area (Å²) >= 11 is 1.36. The number of benzene rings is 2. The Bertz CT molecular complexity index is 1260. The van der Waals surface area contributed by atoms with Crippen molar-refractivity contribution >= 4 is 22.7 Å². The summed E-state index contributed by atoms with van der Waals surface area (Å²) in [6.07, 6.45) is 0. The predicted octanol–water partition coefficient (Wildman–Crippen LogP) is 2.50. The molecule has 2 heterocycles. The molecule has 2 aromatic heterocycles. The number of hydrogen-bond donors (Lipinski definition) is 0. The number of fused-ring (bicyclic) bond motifs is 1. The topological polar surface area (TPSA) is 102 Å². The van der Waals surface area contributed by atoms with Crippen molar-refractivity contribution in [3.63, 3.8) is 0 Å². The second kappa shape index (κ2) is 7.62. The second-order valence-corrected chi connectivity index (χ2v) is 6.99. The molecule has 2 aromatic carbocycles. The Labute approximate surface area is 164 Å². The highest BCUT2D eigenvalue weighted by Crippen LogP contribution is 2.23. The van der Waals surface area contributed by atoms with E-state index in [9.17, 15) is 4.79 Å². The van der Waals surface area contributed by atoms with Crippen LogP contribution < -0.4 is 5.56 Å². The van der Waals surface area contributed by atoms with Gasteiger partial charge in [0.2, 0.25) is 5.16 Å². The molecule has 0 aliphatic heterocycles. The van der Waals surface area contributed by atoms with Gasteiger partial charge in [-0.15, -0.1) is 5.10 Å². The van der Waals surface area contributed by atoms with Crippen molar-refractivity contribution in [3.05, 3.63) is 70.3 Å². The molecule has 0 aliphatic carbocycles. The molecule has 28 heavy (non-hydrogen) atoms. The van der Waals surface area contributed by atoms with E-state index in [1.165, 1.54) is 16.3 Å². The zero-order valence-corrected chi connectivity index (χ0v) is 15.8. The molecule has 0 bridgehead atoms. The van der Waals surface area contributed by atoms with Gasteiger partial charge in [-0.2, -0.15) is 9.94 Å². The van der Waals surface area contributed by atoms with Gasteiger partial charge in [0.15, 0.2) is 0 Å². The second-order valence-electron chi connectivity index (χ2n) is 6.04. The Balaban J connectivity index is 1.70. The fourth-order valence-electron chi connectivity index (χ4n) is 2.91. The molecule has 0 aliphatic rings. The molecule has 0 saturated heterocycles. The number of para-hydroxylation sites is 2. The van der Waals surface area contributed by atoms with Crippen LogP contribution in [0.25, 0.3) is 16.6 Å². The van der Waals surface area contributed by atoms with Gasteiger partial charge in [0, 0.05) is 0 Å². The molecule has 4 aromatic rings. The lowest BCUT2D eigenvalue weighted by Gasteiger charge is -2.11. The molecule has 0 radical (unpaired) electrons. The van der Waals surface area contributed by atoms with Crippen molar-refractivity contribution in [2.24, 2.45) is 0 Å². The van der Waals surface area contributed by atoms with Crippen molar-refractivity contribution in [2.75, 3.05) is 0 Å². The third-order valence-electron chi connectivity index (χ3n) is 4.28. The van der Waals surface area contributed by atoms with Crippen LogP contribution in [0.5, 0.6) is 0 Å². The Hall–Kier alpha value is -3.51. The standard InChI is InChI=1S/C19H15N7OS/c1-13-6-2-5-9-16(13)26-19(22-23-24-26)28-12-17-21-15-8-4-3-7-14(15)18(27)25(17)11-10-20/h2-9H,11-12H2,1H3. The third kappa shape index (κ3) is 3.25. The molecule has 0 saturated carbocycles. The van der Waals surface area contributed by atoms with E-state index >= 15 is 0 Å². The first kappa shape index (κ1) is 17.9. The number of aryl methyl sites for hydroxylation is 1. The summed E-state index contributed by atoms with van der Waals surface area (Å²) in [5.41, 5.74) is 2.31. The maximum Gasteiger partial charge on any atom is 0.262 e. The molecule has 9 heteroatoms. The van der Waals surface area contributed by atoms with Crippen LogP contribution in [0, 0.1) is 18.3 Å². The van der Waals surface area contributed by atoms with Crippen LogP contribution >= 0.6 is 11.8 Å².